The quantitative estimate of drug-likeness (QED) is 0.343. The molecule has 35 heavy (non-hydrogen) atoms. The monoisotopic (exact) mass is 470 g/mol. The first kappa shape index (κ1) is 22.8. The van der Waals surface area contributed by atoms with Crippen LogP contribution < -0.4 is 5.32 Å². The summed E-state index contributed by atoms with van der Waals surface area (Å²) >= 11 is 0. The summed E-state index contributed by atoms with van der Waals surface area (Å²) in [5.41, 5.74) is 3.46. The van der Waals surface area contributed by atoms with Crippen molar-refractivity contribution in [1.29, 1.82) is 0 Å². The number of nitrogens with one attached hydrogen (secondary N) is 2. The zero-order chi connectivity index (χ0) is 24.1. The lowest BCUT2D eigenvalue weighted by molar-refractivity contribution is 0.115. The number of pyridine rings is 1. The van der Waals surface area contributed by atoms with Gasteiger partial charge < -0.3 is 15.0 Å². The fourth-order valence-electron chi connectivity index (χ4n) is 4.67. The van der Waals surface area contributed by atoms with E-state index in [-0.39, 0.29) is 12.4 Å². The zero-order valence-corrected chi connectivity index (χ0v) is 19.3. The van der Waals surface area contributed by atoms with Crippen LogP contribution in [0.5, 0.6) is 0 Å². The number of benzene rings is 2. The van der Waals surface area contributed by atoms with Gasteiger partial charge in [-0.25, -0.2) is 14.2 Å². The Morgan fingerprint density at radius 1 is 0.943 bits per heavy atom. The molecule has 2 aromatic carbocycles. The highest BCUT2D eigenvalue weighted by Gasteiger charge is 2.39. The van der Waals surface area contributed by atoms with Crippen LogP contribution in [0.1, 0.15) is 43.5 Å². The van der Waals surface area contributed by atoms with Crippen LogP contribution in [0.15, 0.2) is 79.1 Å². The van der Waals surface area contributed by atoms with Gasteiger partial charge in [-0.3, -0.25) is 4.98 Å². The molecule has 0 spiro atoms. The van der Waals surface area contributed by atoms with Crippen molar-refractivity contribution in [1.82, 2.24) is 20.3 Å². The van der Waals surface area contributed by atoms with Crippen molar-refractivity contribution in [3.63, 3.8) is 0 Å². The maximum absolute atomic E-state index is 13.6. The van der Waals surface area contributed by atoms with Gasteiger partial charge in [0.05, 0.1) is 11.4 Å². The van der Waals surface area contributed by atoms with Gasteiger partial charge in [0.15, 0.2) is 0 Å². The number of imidazole rings is 1. The average molecular weight is 471 g/mol. The molecule has 1 fully saturated rings. The molecule has 1 aliphatic rings. The second-order valence-corrected chi connectivity index (χ2v) is 8.88. The van der Waals surface area contributed by atoms with Crippen molar-refractivity contribution in [2.24, 2.45) is 0 Å². The summed E-state index contributed by atoms with van der Waals surface area (Å²) < 4.78 is 19.2. The Kier molecular flexibility index (Phi) is 6.57. The summed E-state index contributed by atoms with van der Waals surface area (Å²) in [5.74, 6) is 0.376. The van der Waals surface area contributed by atoms with Crippen LogP contribution in [0.3, 0.4) is 0 Å². The predicted molar refractivity (Wildman–Crippen MR) is 132 cm³/mol. The third kappa shape index (κ3) is 5.09. The van der Waals surface area contributed by atoms with E-state index in [1.165, 1.54) is 12.1 Å². The number of aromatic nitrogens is 3. The molecule has 2 heterocycles. The molecule has 1 amide bonds. The SMILES string of the molecule is O=C(NC1(c2nc(-c3ccc(F)cc3)c(-c3ccncc3)[nH]2)CCCCC1)OCc1ccccc1. The van der Waals surface area contributed by atoms with E-state index in [1.54, 1.807) is 24.5 Å². The maximum atomic E-state index is 13.6. The molecule has 0 radical (unpaired) electrons. The molecule has 4 aromatic rings. The molecule has 2 N–H and O–H groups in total. The number of rotatable bonds is 6. The first-order valence-electron chi connectivity index (χ1n) is 11.9. The lowest BCUT2D eigenvalue weighted by Gasteiger charge is -2.36. The number of ether oxygens (including phenoxy) is 1. The molecule has 2 aromatic heterocycles. The van der Waals surface area contributed by atoms with Crippen molar-refractivity contribution < 1.29 is 13.9 Å². The Balaban J connectivity index is 1.49. The van der Waals surface area contributed by atoms with Gasteiger partial charge in [0.1, 0.15) is 23.8 Å². The van der Waals surface area contributed by atoms with Crippen molar-refractivity contribution in [2.75, 3.05) is 0 Å². The Bertz CT molecular complexity index is 1270. The van der Waals surface area contributed by atoms with Crippen LogP contribution >= 0.6 is 0 Å². The van der Waals surface area contributed by atoms with Gasteiger partial charge in [-0.05, 0) is 54.8 Å². The summed E-state index contributed by atoms with van der Waals surface area (Å²) in [6.45, 7) is 0.198. The molecule has 178 valence electrons. The van der Waals surface area contributed by atoms with E-state index in [9.17, 15) is 9.18 Å². The van der Waals surface area contributed by atoms with Crippen molar-refractivity contribution in [3.05, 3.63) is 96.3 Å². The fraction of sp³-hybridized carbons (Fsp3) is 0.250. The number of nitrogens with zero attached hydrogens (tertiary/aromatic N) is 2. The summed E-state index contributed by atoms with van der Waals surface area (Å²) in [6, 6.07) is 19.7. The van der Waals surface area contributed by atoms with Crippen molar-refractivity contribution in [3.8, 4) is 22.5 Å². The van der Waals surface area contributed by atoms with E-state index in [2.05, 4.69) is 15.3 Å². The van der Waals surface area contributed by atoms with Gasteiger partial charge in [0.25, 0.3) is 0 Å². The Hall–Kier alpha value is -4.00. The predicted octanol–water partition coefficient (Wildman–Crippen LogP) is 6.36. The molecule has 0 bridgehead atoms. The third-order valence-corrected chi connectivity index (χ3v) is 6.50. The number of carbonyl (C=O) groups excluding carboxylic acids is 1. The van der Waals surface area contributed by atoms with E-state index in [0.29, 0.717) is 11.5 Å². The highest BCUT2D eigenvalue weighted by Crippen LogP contribution is 2.39. The molecular formula is C28H27FN4O2. The molecule has 0 aliphatic heterocycles. The second kappa shape index (κ2) is 10.1. The Labute approximate surface area is 203 Å². The molecule has 5 rings (SSSR count). The van der Waals surface area contributed by atoms with Crippen LogP contribution in [-0.4, -0.2) is 21.0 Å². The fourth-order valence-corrected chi connectivity index (χ4v) is 4.67. The van der Waals surface area contributed by atoms with Gasteiger partial charge in [-0.2, -0.15) is 0 Å². The van der Waals surface area contributed by atoms with E-state index in [0.717, 1.165) is 54.5 Å². The van der Waals surface area contributed by atoms with Crippen LogP contribution in [0.2, 0.25) is 0 Å². The van der Waals surface area contributed by atoms with Gasteiger partial charge in [-0.1, -0.05) is 49.6 Å². The molecule has 6 nitrogen and oxygen atoms in total. The first-order valence-corrected chi connectivity index (χ1v) is 11.9. The Morgan fingerprint density at radius 2 is 1.66 bits per heavy atom. The lowest BCUT2D eigenvalue weighted by atomic mass is 9.81. The normalized spacial score (nSPS) is 14.9. The summed E-state index contributed by atoms with van der Waals surface area (Å²) in [6.07, 6.45) is 7.51. The number of aromatic amines is 1. The summed E-state index contributed by atoms with van der Waals surface area (Å²) in [5, 5.41) is 3.14. The van der Waals surface area contributed by atoms with Crippen LogP contribution in [0, 0.1) is 5.82 Å². The minimum atomic E-state index is -0.675. The molecule has 0 saturated heterocycles. The molecular weight excluding hydrogens is 443 g/mol. The number of carbonyl (C=O) groups is 1. The van der Waals surface area contributed by atoms with E-state index >= 15 is 0 Å². The van der Waals surface area contributed by atoms with Gasteiger partial charge >= 0.3 is 6.09 Å². The molecule has 7 heteroatoms. The molecule has 0 unspecified atom stereocenters. The Morgan fingerprint density at radius 3 is 2.37 bits per heavy atom. The zero-order valence-electron chi connectivity index (χ0n) is 19.3. The van der Waals surface area contributed by atoms with Crippen LogP contribution in [-0.2, 0) is 16.9 Å². The standard InChI is InChI=1S/C28H27FN4O2/c29-23-11-9-21(10-12-23)24-25(22-13-17-30-18-14-22)32-26(31-24)28(15-5-2-6-16-28)33-27(34)35-19-20-7-3-1-4-8-20/h1,3-4,7-14,17-18H,2,5-6,15-16,19H2,(H,31,32)(H,33,34). The number of H-pyrrole nitrogens is 1. The molecule has 1 saturated carbocycles. The topological polar surface area (TPSA) is 79.9 Å². The minimum Gasteiger partial charge on any atom is -0.445 e. The van der Waals surface area contributed by atoms with E-state index in [1.807, 2.05) is 42.5 Å². The van der Waals surface area contributed by atoms with Crippen LogP contribution in [0.4, 0.5) is 9.18 Å². The number of hydrogen-bond donors (Lipinski definition) is 2. The number of alkyl carbamates (subject to hydrolysis) is 1. The highest BCUT2D eigenvalue weighted by molar-refractivity contribution is 5.78. The van der Waals surface area contributed by atoms with Gasteiger partial charge in [-0.15, -0.1) is 0 Å². The summed E-state index contributed by atoms with van der Waals surface area (Å²) in [4.78, 5) is 25.5. The number of halogens is 1. The average Bonchev–Trinajstić information content (AvgIpc) is 3.36. The van der Waals surface area contributed by atoms with Crippen molar-refractivity contribution >= 4 is 6.09 Å². The van der Waals surface area contributed by atoms with Gasteiger partial charge in [0, 0.05) is 23.5 Å². The van der Waals surface area contributed by atoms with E-state index < -0.39 is 11.6 Å². The van der Waals surface area contributed by atoms with Crippen LogP contribution in [0.25, 0.3) is 22.5 Å². The third-order valence-electron chi connectivity index (χ3n) is 6.50. The minimum absolute atomic E-state index is 0.198. The van der Waals surface area contributed by atoms with Crippen molar-refractivity contribution in [2.45, 2.75) is 44.2 Å². The van der Waals surface area contributed by atoms with E-state index in [4.69, 9.17) is 9.72 Å². The first-order chi connectivity index (χ1) is 17.1. The maximum Gasteiger partial charge on any atom is 0.408 e. The largest absolute Gasteiger partial charge is 0.445 e. The highest BCUT2D eigenvalue weighted by atomic mass is 19.1. The number of hydrogen-bond acceptors (Lipinski definition) is 4. The number of amides is 1. The summed E-state index contributed by atoms with van der Waals surface area (Å²) in [7, 11) is 0. The molecule has 0 atom stereocenters. The second-order valence-electron chi connectivity index (χ2n) is 8.88. The smallest absolute Gasteiger partial charge is 0.408 e. The van der Waals surface area contributed by atoms with Gasteiger partial charge in [0.2, 0.25) is 0 Å². The lowest BCUT2D eigenvalue weighted by Crippen LogP contribution is -2.48. The molecule has 1 aliphatic carbocycles.